The van der Waals surface area contributed by atoms with Crippen LogP contribution >= 0.6 is 0 Å². The minimum absolute atomic E-state index is 0.136. The topological polar surface area (TPSA) is 73.3 Å². The summed E-state index contributed by atoms with van der Waals surface area (Å²) in [6.45, 7) is -0.220. The molecule has 1 N–H and O–H groups in total. The van der Waals surface area contributed by atoms with Gasteiger partial charge < -0.3 is 14.5 Å². The van der Waals surface area contributed by atoms with Gasteiger partial charge in [0.25, 0.3) is 5.56 Å². The van der Waals surface area contributed by atoms with E-state index in [9.17, 15) is 22.8 Å². The second kappa shape index (κ2) is 5.97. The third kappa shape index (κ3) is 3.03. The van der Waals surface area contributed by atoms with E-state index >= 15 is 0 Å². The molecule has 0 spiro atoms. The van der Waals surface area contributed by atoms with Gasteiger partial charge in [-0.2, -0.15) is 13.2 Å². The summed E-state index contributed by atoms with van der Waals surface area (Å²) in [5, 5.41) is 0.251. The van der Waals surface area contributed by atoms with E-state index in [1.807, 2.05) is 0 Å². The number of rotatable bonds is 3. The van der Waals surface area contributed by atoms with Crippen molar-refractivity contribution >= 4 is 10.9 Å². The molecule has 130 valence electrons. The van der Waals surface area contributed by atoms with Gasteiger partial charge in [0.1, 0.15) is 5.75 Å². The van der Waals surface area contributed by atoms with Crippen LogP contribution in [0.25, 0.3) is 10.9 Å². The van der Waals surface area contributed by atoms with Crippen LogP contribution in [-0.4, -0.2) is 35.0 Å². The van der Waals surface area contributed by atoms with E-state index in [-0.39, 0.29) is 24.8 Å². The Morgan fingerprint density at radius 3 is 2.71 bits per heavy atom. The van der Waals surface area contributed by atoms with Crippen LogP contribution in [-0.2, 0) is 11.3 Å². The summed E-state index contributed by atoms with van der Waals surface area (Å²) in [5.41, 5.74) is -0.962. The van der Waals surface area contributed by atoms with E-state index in [0.717, 1.165) is 4.57 Å². The van der Waals surface area contributed by atoms with Crippen molar-refractivity contribution in [3.05, 3.63) is 39.0 Å². The SMILES string of the molecule is COc1ccc2c(=O)n(CC3CCC(C(F)(F)F)O3)c(=O)[nH]c2c1. The Labute approximate surface area is 133 Å². The van der Waals surface area contributed by atoms with Crippen LogP contribution < -0.4 is 16.0 Å². The van der Waals surface area contributed by atoms with Gasteiger partial charge in [0.05, 0.1) is 30.7 Å². The number of aromatic amines is 1. The molecule has 0 saturated carbocycles. The number of halogens is 3. The molecule has 1 fully saturated rings. The monoisotopic (exact) mass is 344 g/mol. The Bertz CT molecular complexity index is 872. The number of aromatic nitrogens is 2. The summed E-state index contributed by atoms with van der Waals surface area (Å²) >= 11 is 0. The Morgan fingerprint density at radius 1 is 1.33 bits per heavy atom. The molecule has 1 aromatic heterocycles. The maximum Gasteiger partial charge on any atom is 0.414 e. The lowest BCUT2D eigenvalue weighted by molar-refractivity contribution is -0.215. The number of ether oxygens (including phenoxy) is 2. The van der Waals surface area contributed by atoms with Crippen molar-refractivity contribution in [2.75, 3.05) is 7.11 Å². The van der Waals surface area contributed by atoms with Crippen molar-refractivity contribution in [3.63, 3.8) is 0 Å². The summed E-state index contributed by atoms with van der Waals surface area (Å²) < 4.78 is 48.7. The number of benzene rings is 1. The third-order valence-electron chi connectivity index (χ3n) is 4.05. The van der Waals surface area contributed by atoms with Crippen molar-refractivity contribution in [1.29, 1.82) is 0 Å². The molecule has 0 amide bonds. The molecule has 2 aromatic rings. The summed E-state index contributed by atoms with van der Waals surface area (Å²) in [6, 6.07) is 4.57. The Hall–Kier alpha value is -2.29. The van der Waals surface area contributed by atoms with Crippen LogP contribution in [0.2, 0.25) is 0 Å². The highest BCUT2D eigenvalue weighted by Gasteiger charge is 2.45. The Balaban J connectivity index is 1.91. The lowest BCUT2D eigenvalue weighted by Gasteiger charge is -2.17. The second-order valence-electron chi connectivity index (χ2n) is 5.62. The average molecular weight is 344 g/mol. The quantitative estimate of drug-likeness (QED) is 0.922. The first-order valence-electron chi connectivity index (χ1n) is 7.32. The van der Waals surface area contributed by atoms with Gasteiger partial charge in [0.2, 0.25) is 0 Å². The number of H-pyrrole nitrogens is 1. The number of alkyl halides is 3. The number of fused-ring (bicyclic) bond motifs is 1. The minimum atomic E-state index is -4.44. The van der Waals surface area contributed by atoms with Gasteiger partial charge in [-0.3, -0.25) is 9.36 Å². The van der Waals surface area contributed by atoms with Crippen molar-refractivity contribution in [2.24, 2.45) is 0 Å². The highest BCUT2D eigenvalue weighted by Crippen LogP contribution is 2.33. The van der Waals surface area contributed by atoms with Crippen LogP contribution in [0.3, 0.4) is 0 Å². The van der Waals surface area contributed by atoms with E-state index in [4.69, 9.17) is 9.47 Å². The van der Waals surface area contributed by atoms with Gasteiger partial charge in [-0.15, -0.1) is 0 Å². The zero-order chi connectivity index (χ0) is 17.5. The molecule has 24 heavy (non-hydrogen) atoms. The fourth-order valence-electron chi connectivity index (χ4n) is 2.81. The first-order valence-corrected chi connectivity index (χ1v) is 7.32. The normalized spacial score (nSPS) is 21.3. The lowest BCUT2D eigenvalue weighted by atomic mass is 10.2. The van der Waals surface area contributed by atoms with Gasteiger partial charge in [-0.1, -0.05) is 0 Å². The molecule has 2 unspecified atom stereocenters. The zero-order valence-corrected chi connectivity index (χ0v) is 12.7. The standard InChI is InChI=1S/C15H15F3N2O4/c1-23-8-2-4-10-11(6-8)19-14(22)20(13(10)21)7-9-3-5-12(24-9)15(16,17)18/h2,4,6,9,12H,3,5,7H2,1H3,(H,19,22). The molecule has 0 radical (unpaired) electrons. The van der Waals surface area contributed by atoms with Crippen molar-refractivity contribution in [1.82, 2.24) is 9.55 Å². The first kappa shape index (κ1) is 16.6. The fourth-order valence-corrected chi connectivity index (χ4v) is 2.81. The van der Waals surface area contributed by atoms with Gasteiger partial charge in [-0.05, 0) is 25.0 Å². The lowest BCUT2D eigenvalue weighted by Crippen LogP contribution is -2.39. The summed E-state index contributed by atoms with van der Waals surface area (Å²) in [6.07, 6.45) is -7.15. The van der Waals surface area contributed by atoms with Crippen LogP contribution in [0.15, 0.2) is 27.8 Å². The van der Waals surface area contributed by atoms with E-state index in [1.54, 1.807) is 6.07 Å². The van der Waals surface area contributed by atoms with Crippen molar-refractivity contribution < 1.29 is 22.6 Å². The molecule has 2 heterocycles. The van der Waals surface area contributed by atoms with Crippen LogP contribution in [0.1, 0.15) is 12.8 Å². The molecule has 1 aromatic carbocycles. The number of nitrogens with zero attached hydrogens (tertiary/aromatic N) is 1. The maximum atomic E-state index is 12.6. The Kier molecular flexibility index (Phi) is 4.12. The van der Waals surface area contributed by atoms with Gasteiger partial charge in [0, 0.05) is 6.07 Å². The summed E-state index contributed by atoms with van der Waals surface area (Å²) in [4.78, 5) is 27.1. The van der Waals surface area contributed by atoms with Crippen molar-refractivity contribution in [3.8, 4) is 5.75 Å². The molecule has 1 saturated heterocycles. The molecule has 1 aliphatic heterocycles. The number of hydrogen-bond donors (Lipinski definition) is 1. The molecule has 3 rings (SSSR count). The van der Waals surface area contributed by atoms with Gasteiger partial charge in [-0.25, -0.2) is 4.79 Å². The van der Waals surface area contributed by atoms with E-state index in [1.165, 1.54) is 19.2 Å². The molecule has 2 atom stereocenters. The highest BCUT2D eigenvalue weighted by atomic mass is 19.4. The molecule has 0 bridgehead atoms. The number of nitrogens with one attached hydrogen (secondary N) is 1. The molecule has 9 heteroatoms. The predicted molar refractivity (Wildman–Crippen MR) is 79.3 cm³/mol. The maximum absolute atomic E-state index is 12.6. The molecular weight excluding hydrogens is 329 g/mol. The third-order valence-corrected chi connectivity index (χ3v) is 4.05. The Morgan fingerprint density at radius 2 is 2.08 bits per heavy atom. The van der Waals surface area contributed by atoms with Crippen LogP contribution in [0, 0.1) is 0 Å². The first-order chi connectivity index (χ1) is 11.3. The van der Waals surface area contributed by atoms with E-state index in [0.29, 0.717) is 11.3 Å². The summed E-state index contributed by atoms with van der Waals surface area (Å²) in [7, 11) is 1.45. The second-order valence-corrected chi connectivity index (χ2v) is 5.62. The van der Waals surface area contributed by atoms with Gasteiger partial charge in [0.15, 0.2) is 6.10 Å². The highest BCUT2D eigenvalue weighted by molar-refractivity contribution is 5.78. The summed E-state index contributed by atoms with van der Waals surface area (Å²) in [5.74, 6) is 0.474. The molecular formula is C15H15F3N2O4. The molecule has 6 nitrogen and oxygen atoms in total. The smallest absolute Gasteiger partial charge is 0.414 e. The van der Waals surface area contributed by atoms with E-state index in [2.05, 4.69) is 4.98 Å². The van der Waals surface area contributed by atoms with E-state index < -0.39 is 29.6 Å². The molecule has 0 aliphatic carbocycles. The molecule has 1 aliphatic rings. The average Bonchev–Trinajstić information content (AvgIpc) is 2.99. The zero-order valence-electron chi connectivity index (χ0n) is 12.7. The number of methoxy groups -OCH3 is 1. The number of hydrogen-bond acceptors (Lipinski definition) is 4. The predicted octanol–water partition coefficient (Wildman–Crippen LogP) is 1.81. The van der Waals surface area contributed by atoms with Crippen LogP contribution in [0.4, 0.5) is 13.2 Å². The van der Waals surface area contributed by atoms with Crippen LogP contribution in [0.5, 0.6) is 5.75 Å². The largest absolute Gasteiger partial charge is 0.497 e. The van der Waals surface area contributed by atoms with Crippen molar-refractivity contribution in [2.45, 2.75) is 37.8 Å². The van der Waals surface area contributed by atoms with Gasteiger partial charge >= 0.3 is 11.9 Å². The fraction of sp³-hybridized carbons (Fsp3) is 0.467. The minimum Gasteiger partial charge on any atom is -0.497 e.